The Morgan fingerprint density at radius 1 is 1.03 bits per heavy atom. The van der Waals surface area contributed by atoms with Crippen molar-refractivity contribution in [2.24, 2.45) is 17.8 Å². The third kappa shape index (κ3) is 13.3. The number of ether oxygens (including phenoxy) is 3. The van der Waals surface area contributed by atoms with Gasteiger partial charge in [-0.3, -0.25) is 0 Å². The first-order valence-electron chi connectivity index (χ1n) is 9.58. The number of hydrogen-bond donors (Lipinski definition) is 1. The predicted octanol–water partition coefficient (Wildman–Crippen LogP) is 5.11. The molecule has 11 heteroatoms. The molecule has 1 rings (SSSR count). The van der Waals surface area contributed by atoms with E-state index in [4.69, 9.17) is 14.6 Å². The first-order valence-corrected chi connectivity index (χ1v) is 9.58. The molecule has 0 aromatic rings. The zero-order chi connectivity index (χ0) is 24.3. The summed E-state index contributed by atoms with van der Waals surface area (Å²) < 4.78 is 80.1. The van der Waals surface area contributed by atoms with Gasteiger partial charge < -0.3 is 19.3 Å². The number of rotatable bonds is 5. The first kappa shape index (κ1) is 31.1. The van der Waals surface area contributed by atoms with Gasteiger partial charge in [0.05, 0.1) is 13.2 Å². The van der Waals surface area contributed by atoms with Crippen molar-refractivity contribution < 1.29 is 50.5 Å². The van der Waals surface area contributed by atoms with Gasteiger partial charge in [-0.25, -0.2) is 4.79 Å². The summed E-state index contributed by atoms with van der Waals surface area (Å²) in [6.07, 6.45) is -7.90. The minimum Gasteiger partial charge on any atom is -0.467 e. The number of halogens is 6. The Labute approximate surface area is 174 Å². The molecule has 0 aliphatic carbocycles. The quantitative estimate of drug-likeness (QED) is 0.460. The monoisotopic (exact) mass is 456 g/mol. The highest BCUT2D eigenvalue weighted by molar-refractivity contribution is 5.75. The van der Waals surface area contributed by atoms with Crippen LogP contribution in [0.25, 0.3) is 0 Å². The van der Waals surface area contributed by atoms with E-state index in [1.807, 2.05) is 0 Å². The molecule has 1 aliphatic heterocycles. The van der Waals surface area contributed by atoms with E-state index >= 15 is 0 Å². The Kier molecular flexibility index (Phi) is 14.6. The van der Waals surface area contributed by atoms with Crippen LogP contribution in [0.5, 0.6) is 0 Å². The second-order valence-electron chi connectivity index (χ2n) is 7.25. The predicted molar refractivity (Wildman–Crippen MR) is 98.5 cm³/mol. The van der Waals surface area contributed by atoms with Crippen molar-refractivity contribution in [3.05, 3.63) is 0 Å². The zero-order valence-corrected chi connectivity index (χ0v) is 18.4. The van der Waals surface area contributed by atoms with Gasteiger partial charge in [0.1, 0.15) is 0 Å². The van der Waals surface area contributed by atoms with Crippen LogP contribution in [-0.4, -0.2) is 56.1 Å². The first-order chi connectivity index (χ1) is 13.5. The number of aliphatic hydroxyl groups is 1. The molecule has 0 bridgehead atoms. The highest BCUT2D eigenvalue weighted by atomic mass is 19.4. The summed E-state index contributed by atoms with van der Waals surface area (Å²) in [4.78, 5) is 9.97. The lowest BCUT2D eigenvalue weighted by Gasteiger charge is -2.43. The molecular formula is C19H34F6O5. The summed E-state index contributed by atoms with van der Waals surface area (Å²) in [5, 5.41) is 8.05. The molecule has 0 amide bonds. The van der Waals surface area contributed by atoms with Gasteiger partial charge in [0, 0.05) is 20.0 Å². The number of methoxy groups -OCH3 is 2. The lowest BCUT2D eigenvalue weighted by molar-refractivity contribution is -0.238. The number of carbonyl (C=O) groups excluding carboxylic acids is 1. The van der Waals surface area contributed by atoms with Crippen LogP contribution in [0.1, 0.15) is 53.9 Å². The lowest BCUT2D eigenvalue weighted by Crippen LogP contribution is -2.45. The molecule has 1 saturated heterocycles. The normalized spacial score (nSPS) is 27.7. The molecule has 30 heavy (non-hydrogen) atoms. The van der Waals surface area contributed by atoms with E-state index < -0.39 is 24.4 Å². The minimum absolute atomic E-state index is 0.00180. The molecule has 1 heterocycles. The van der Waals surface area contributed by atoms with Gasteiger partial charge in [0.25, 0.3) is 0 Å². The second-order valence-corrected chi connectivity index (χ2v) is 7.25. The average Bonchev–Trinajstić information content (AvgIpc) is 2.63. The molecule has 0 radical (unpaired) electrons. The van der Waals surface area contributed by atoms with Crippen molar-refractivity contribution in [2.45, 2.75) is 84.7 Å². The smallest absolute Gasteiger partial charge is 0.425 e. The van der Waals surface area contributed by atoms with E-state index in [1.54, 1.807) is 7.11 Å². The van der Waals surface area contributed by atoms with E-state index in [2.05, 4.69) is 32.4 Å². The van der Waals surface area contributed by atoms with Crippen molar-refractivity contribution in [1.82, 2.24) is 0 Å². The number of esters is 1. The molecule has 182 valence electrons. The number of hydrogen-bond acceptors (Lipinski definition) is 5. The van der Waals surface area contributed by atoms with E-state index in [1.165, 1.54) is 19.3 Å². The zero-order valence-electron chi connectivity index (χ0n) is 18.4. The molecule has 1 aliphatic rings. The number of alkyl halides is 6. The number of unbranched alkanes of at least 4 members (excludes halogenated alkanes) is 1. The molecule has 1 fully saturated rings. The van der Waals surface area contributed by atoms with Gasteiger partial charge >= 0.3 is 18.3 Å². The number of aliphatic hydroxyl groups excluding tert-OH is 1. The molecule has 0 spiro atoms. The summed E-state index contributed by atoms with van der Waals surface area (Å²) in [5.74, 6) is 0.138. The van der Waals surface area contributed by atoms with E-state index in [-0.39, 0.29) is 13.2 Å². The van der Waals surface area contributed by atoms with Crippen LogP contribution in [0, 0.1) is 17.8 Å². The molecule has 0 saturated carbocycles. The lowest BCUT2D eigenvalue weighted by atomic mass is 9.78. The van der Waals surface area contributed by atoms with Crippen LogP contribution in [0.3, 0.4) is 0 Å². The Hall–Kier alpha value is -1.07. The van der Waals surface area contributed by atoms with Crippen LogP contribution in [0.15, 0.2) is 0 Å². The van der Waals surface area contributed by atoms with Crippen molar-refractivity contribution >= 4 is 5.97 Å². The minimum atomic E-state index is -4.94. The van der Waals surface area contributed by atoms with Crippen LogP contribution in [0.2, 0.25) is 0 Å². The number of carbonyl (C=O) groups is 1. The average molecular weight is 456 g/mol. The van der Waals surface area contributed by atoms with Gasteiger partial charge in [-0.1, -0.05) is 40.5 Å². The van der Waals surface area contributed by atoms with E-state index in [0.717, 1.165) is 7.11 Å². The third-order valence-corrected chi connectivity index (χ3v) is 4.79. The third-order valence-electron chi connectivity index (χ3n) is 4.79. The Bertz CT molecular complexity index is 461. The Morgan fingerprint density at radius 2 is 1.50 bits per heavy atom. The van der Waals surface area contributed by atoms with Gasteiger partial charge in [-0.05, 0) is 18.3 Å². The van der Waals surface area contributed by atoms with Crippen molar-refractivity contribution in [3.63, 3.8) is 0 Å². The van der Waals surface area contributed by atoms with E-state index in [9.17, 15) is 31.1 Å². The Morgan fingerprint density at radius 3 is 1.80 bits per heavy atom. The van der Waals surface area contributed by atoms with Crippen LogP contribution >= 0.6 is 0 Å². The summed E-state index contributed by atoms with van der Waals surface area (Å²) in [5.41, 5.74) is 0. The van der Waals surface area contributed by atoms with Crippen molar-refractivity contribution in [1.29, 1.82) is 0 Å². The van der Waals surface area contributed by atoms with E-state index in [0.29, 0.717) is 23.9 Å². The largest absolute Gasteiger partial charge is 0.467 e. The summed E-state index contributed by atoms with van der Waals surface area (Å²) >= 11 is 0. The summed E-state index contributed by atoms with van der Waals surface area (Å²) in [6.45, 7) is 9.28. The molecule has 0 aromatic heterocycles. The van der Waals surface area contributed by atoms with Gasteiger partial charge in [0.15, 0.2) is 6.29 Å². The maximum absolute atomic E-state index is 11.3. The summed E-state index contributed by atoms with van der Waals surface area (Å²) in [7, 11) is 2.51. The van der Waals surface area contributed by atoms with Gasteiger partial charge in [0.2, 0.25) is 6.10 Å². The highest BCUT2D eigenvalue weighted by Gasteiger charge is 2.44. The second kappa shape index (κ2) is 14.1. The fourth-order valence-electron chi connectivity index (χ4n) is 2.74. The van der Waals surface area contributed by atoms with Crippen LogP contribution in [0.4, 0.5) is 26.3 Å². The van der Waals surface area contributed by atoms with Crippen LogP contribution in [-0.2, 0) is 19.0 Å². The topological polar surface area (TPSA) is 65.0 Å². The Balaban J connectivity index is 0. The maximum Gasteiger partial charge on any atom is 0.425 e. The SMILES string of the molecule is CC(F)(F)F.CCCCC1O[C@@H](OC)C(C)[C@@H](C)[C@H]1C.COC(=O)C(O)C(F)(F)F. The van der Waals surface area contributed by atoms with Gasteiger partial charge in [-0.15, -0.1) is 0 Å². The van der Waals surface area contributed by atoms with Gasteiger partial charge in [-0.2, -0.15) is 26.3 Å². The van der Waals surface area contributed by atoms with Crippen LogP contribution < -0.4 is 0 Å². The van der Waals surface area contributed by atoms with Crippen molar-refractivity contribution in [3.8, 4) is 0 Å². The molecule has 5 nitrogen and oxygen atoms in total. The molecule has 3 unspecified atom stereocenters. The maximum atomic E-state index is 11.3. The van der Waals surface area contributed by atoms with Crippen molar-refractivity contribution in [2.75, 3.05) is 14.2 Å². The highest BCUT2D eigenvalue weighted by Crippen LogP contribution is 2.36. The fourth-order valence-corrected chi connectivity index (χ4v) is 2.74. The molecule has 1 N–H and O–H groups in total. The standard InChI is InChI=1S/C13H26O2.C4H5F3O3.C2H3F3/c1-6-7-8-12-10(3)9(2)11(4)13(14-5)15-12;1-10-3(9)2(8)4(5,6)7;1-2(3,4)5/h9-13H,6-8H2,1-5H3;2,8H,1H3;1H3/t9-,10+,11?,12?,13+;;/m0../s1. The summed E-state index contributed by atoms with van der Waals surface area (Å²) in [6, 6.07) is 0. The molecular weight excluding hydrogens is 422 g/mol. The molecule has 6 atom stereocenters. The molecule has 0 aromatic carbocycles. The fraction of sp³-hybridized carbons (Fsp3) is 0.947.